The predicted molar refractivity (Wildman–Crippen MR) is 622 cm³/mol. The van der Waals surface area contributed by atoms with Gasteiger partial charge in [0.15, 0.2) is 0 Å². The molecule has 0 amide bonds. The van der Waals surface area contributed by atoms with Gasteiger partial charge in [-0.05, 0) is 175 Å². The Morgan fingerprint density at radius 3 is 0.874 bits per heavy atom. The summed E-state index contributed by atoms with van der Waals surface area (Å²) in [5, 5.41) is 0. The third kappa shape index (κ3) is 57.5. The molecule has 0 aromatic heterocycles. The molecule has 7 aromatic rings. The van der Waals surface area contributed by atoms with Gasteiger partial charge in [0.25, 0.3) is 0 Å². The van der Waals surface area contributed by atoms with Gasteiger partial charge in [0.1, 0.15) is 0 Å². The van der Waals surface area contributed by atoms with E-state index in [4.69, 9.17) is 0 Å². The lowest BCUT2D eigenvalue weighted by atomic mass is 9.76. The molecule has 1 saturated heterocycles. The highest BCUT2D eigenvalue weighted by Gasteiger charge is 2.30. The third-order valence-electron chi connectivity index (χ3n) is 21.5. The van der Waals surface area contributed by atoms with Crippen molar-refractivity contribution < 1.29 is 0 Å². The molecule has 0 saturated carbocycles. The Kier molecular flexibility index (Phi) is 92.0. The van der Waals surface area contributed by atoms with E-state index in [1.165, 1.54) is 119 Å². The number of nitrogens with zero attached hydrogens (tertiary/aromatic N) is 5. The van der Waals surface area contributed by atoms with Crippen LogP contribution in [0.5, 0.6) is 0 Å². The van der Waals surface area contributed by atoms with E-state index in [0.29, 0.717) is 35.9 Å². The maximum absolute atomic E-state index is 2.42. The van der Waals surface area contributed by atoms with Crippen molar-refractivity contribution in [1.29, 1.82) is 0 Å². The maximum Gasteiger partial charge on any atom is 0.0470 e. The first-order chi connectivity index (χ1) is 65.6. The Hall–Kier alpha value is -10.1. The lowest BCUT2D eigenvalue weighted by Crippen LogP contribution is -2.55. The van der Waals surface area contributed by atoms with Crippen LogP contribution in [0.25, 0.3) is 6.08 Å². The van der Waals surface area contributed by atoms with Gasteiger partial charge in [0.2, 0.25) is 0 Å². The molecule has 0 spiro atoms. The molecule has 4 aliphatic heterocycles. The van der Waals surface area contributed by atoms with Crippen LogP contribution in [-0.4, -0.2) is 111 Å². The second-order valence-electron chi connectivity index (χ2n) is 30.6. The van der Waals surface area contributed by atoms with Crippen molar-refractivity contribution in [3.8, 4) is 0 Å². The zero-order valence-electron chi connectivity index (χ0n) is 94.6. The van der Waals surface area contributed by atoms with Crippen LogP contribution in [0.1, 0.15) is 269 Å². The topological polar surface area (TPSA) is 16.2 Å². The number of benzene rings is 7. The maximum atomic E-state index is 2.42. The minimum Gasteiger partial charge on any atom is -0.373 e. The van der Waals surface area contributed by atoms with Crippen molar-refractivity contribution in [1.82, 2.24) is 24.5 Å². The number of allylic oxidation sites excluding steroid dienone is 21. The average Bonchev–Trinajstić information content (AvgIpc) is 0.971. The van der Waals surface area contributed by atoms with E-state index < -0.39 is 0 Å². The highest BCUT2D eigenvalue weighted by atomic mass is 15.3. The zero-order chi connectivity index (χ0) is 104. The SMILES string of the molecule is CC.CC.CC.CC.CC.CC.CC.CC.CC.CC.CC.CC.CC1=CC=C(C)C2C=CC=CC12.CC1=CCN(C)C2=C1C=CC2.CC1=CCN(C)C2=C1CC=C2.CC1=CCN(C)C2C=CC=CC12.CN1CCN(C)C2C=CC=CC21.Cc1ccc(C)c2c1C=CC2.Cc1ccccc1.Cc1ccccc1.Cc1ccccc1.Cc1ccccc1.Cc1ccccc1.Cc1ccccc1. The largest absolute Gasteiger partial charge is 0.373 e. The van der Waals surface area contributed by atoms with Gasteiger partial charge >= 0.3 is 0 Å². The smallest absolute Gasteiger partial charge is 0.0470 e. The highest BCUT2D eigenvalue weighted by Crippen LogP contribution is 2.36. The van der Waals surface area contributed by atoms with Gasteiger partial charge < -0.3 is 9.80 Å². The van der Waals surface area contributed by atoms with Gasteiger partial charge in [-0.2, -0.15) is 0 Å². The molecule has 5 heteroatoms. The molecule has 135 heavy (non-hydrogen) atoms. The molecule has 748 valence electrons. The molecule has 0 bridgehead atoms. The summed E-state index contributed by atoms with van der Waals surface area (Å²) in [4.78, 5) is 11.8. The zero-order valence-corrected chi connectivity index (χ0v) is 94.6. The minimum absolute atomic E-state index is 0.591. The Labute approximate surface area is 838 Å². The number of hydrogen-bond donors (Lipinski definition) is 0. The summed E-state index contributed by atoms with van der Waals surface area (Å²) in [5.41, 5.74) is 27.0. The van der Waals surface area contributed by atoms with Crippen LogP contribution in [0.3, 0.4) is 0 Å². The second-order valence-corrected chi connectivity index (χ2v) is 30.6. The first-order valence-electron chi connectivity index (χ1n) is 52.2. The number of rotatable bonds is 0. The molecule has 0 N–H and O–H groups in total. The Morgan fingerprint density at radius 1 is 0.252 bits per heavy atom. The lowest BCUT2D eigenvalue weighted by molar-refractivity contribution is 0.101. The van der Waals surface area contributed by atoms with Gasteiger partial charge in [0, 0.05) is 101 Å². The summed E-state index contributed by atoms with van der Waals surface area (Å²) in [6, 6.07) is 67.8. The summed E-state index contributed by atoms with van der Waals surface area (Å²) in [7, 11) is 10.9. The summed E-state index contributed by atoms with van der Waals surface area (Å²) in [6.45, 7) is 81.5. The molecule has 4 heterocycles. The monoisotopic (exact) mass is 1830 g/mol. The van der Waals surface area contributed by atoms with Crippen molar-refractivity contribution in [2.24, 2.45) is 17.8 Å². The quantitative estimate of drug-likeness (QED) is 0.140. The van der Waals surface area contributed by atoms with Crippen LogP contribution in [0.2, 0.25) is 0 Å². The molecule has 0 radical (unpaired) electrons. The van der Waals surface area contributed by atoms with E-state index in [1.54, 1.807) is 0 Å². The van der Waals surface area contributed by atoms with Gasteiger partial charge in [-0.3, -0.25) is 14.7 Å². The number of likely N-dealkylation sites (N-methyl/N-ethyl adjacent to an activating group) is 5. The Balaban J connectivity index is -0.000000331. The summed E-state index contributed by atoms with van der Waals surface area (Å²) in [6.07, 6.45) is 54.8. The van der Waals surface area contributed by atoms with E-state index in [2.05, 4.69) is 374 Å². The van der Waals surface area contributed by atoms with E-state index in [0.717, 1.165) is 38.9 Å². The Morgan fingerprint density at radius 2 is 0.556 bits per heavy atom. The van der Waals surface area contributed by atoms with Crippen LogP contribution in [0, 0.1) is 73.1 Å². The summed E-state index contributed by atoms with van der Waals surface area (Å²) < 4.78 is 0. The molecule has 18 rings (SSSR count). The molecule has 7 aliphatic carbocycles. The van der Waals surface area contributed by atoms with E-state index in [1.807, 2.05) is 275 Å². The number of fused-ring (bicyclic) bond motifs is 4. The van der Waals surface area contributed by atoms with Gasteiger partial charge in [-0.25, -0.2) is 0 Å². The fourth-order valence-electron chi connectivity index (χ4n) is 14.3. The van der Waals surface area contributed by atoms with Gasteiger partial charge in [-0.1, -0.05) is 544 Å². The molecule has 6 atom stereocenters. The average molecular weight is 1840 g/mol. The third-order valence-corrected chi connectivity index (χ3v) is 21.5. The molecule has 6 unspecified atom stereocenters. The van der Waals surface area contributed by atoms with Crippen molar-refractivity contribution in [3.05, 3.63) is 434 Å². The molecule has 7 aromatic carbocycles. The molecule has 5 nitrogen and oxygen atoms in total. The first-order valence-corrected chi connectivity index (χ1v) is 52.2. The fraction of sp³-hybridized carbons (Fsp3) is 0.431. The first kappa shape index (κ1) is 136. The van der Waals surface area contributed by atoms with Crippen molar-refractivity contribution in [3.63, 3.8) is 0 Å². The second kappa shape index (κ2) is 91.6. The molecule has 11 aliphatic rings. The summed E-state index contributed by atoms with van der Waals surface area (Å²) >= 11 is 0. The number of piperazine rings is 1. The van der Waals surface area contributed by atoms with Crippen LogP contribution in [-0.2, 0) is 6.42 Å². The standard InChI is InChI=1S/C12H14.C11H15N.C11H12.C10H16N2.2C10H13N.6C7H8.12C2H6/c1-9-7-8-10(2)12-6-4-3-5-11(9)12;1-9-7-8-12(2)11-6-4-3-5-10(9)11;1-8-6-7-9(2)11-5-3-4-10(8)11;1-11-7-8-12(2)10-6-4-3-5-9(10)11;2*1-8-6-7-11(2)10-5-3-4-9(8)10;6*1-7-5-3-2-4-6-7;12*1-2/h3-8,11-12H,1-2H3;3-7,10-11H,8H2,1-2H3;3-4,6-7H,5H2,1-2H3;3-6,9-10H,7-8H2,1-2H3;3,5-6H,4,7H2,1-2H3;3-4,6H,5,7H2,1-2H3;6*2-6H,1H3;12*1-2H3. The highest BCUT2D eigenvalue weighted by molar-refractivity contribution is 5.65. The molecular weight excluding hydrogens is 1630 g/mol. The van der Waals surface area contributed by atoms with Crippen molar-refractivity contribution in [2.75, 3.05) is 68.0 Å². The minimum atomic E-state index is 0.591. The van der Waals surface area contributed by atoms with Crippen LogP contribution < -0.4 is 0 Å². The molecule has 1 fully saturated rings. The van der Waals surface area contributed by atoms with Crippen molar-refractivity contribution >= 4 is 6.08 Å². The van der Waals surface area contributed by atoms with Gasteiger partial charge in [0.05, 0.1) is 0 Å². The van der Waals surface area contributed by atoms with E-state index in [-0.39, 0.29) is 0 Å². The fourth-order valence-corrected chi connectivity index (χ4v) is 14.3. The van der Waals surface area contributed by atoms with Crippen LogP contribution in [0.4, 0.5) is 0 Å². The normalized spacial score (nSPS) is 17.2. The van der Waals surface area contributed by atoms with Crippen LogP contribution >= 0.6 is 0 Å². The predicted octanol–water partition coefficient (Wildman–Crippen LogP) is 37.3. The van der Waals surface area contributed by atoms with Crippen molar-refractivity contribution in [2.45, 2.75) is 294 Å². The Bertz CT molecular complexity index is 4110. The number of hydrogen-bond acceptors (Lipinski definition) is 5. The number of aryl methyl sites for hydroxylation is 8. The van der Waals surface area contributed by atoms with E-state index >= 15 is 0 Å². The van der Waals surface area contributed by atoms with Crippen LogP contribution in [0.15, 0.2) is 378 Å². The van der Waals surface area contributed by atoms with E-state index in [9.17, 15) is 0 Å². The van der Waals surface area contributed by atoms with Gasteiger partial charge in [-0.15, -0.1) is 0 Å². The summed E-state index contributed by atoms with van der Waals surface area (Å²) in [5.74, 6) is 1.87. The molecular formula is C130H203N5. The lowest BCUT2D eigenvalue weighted by Gasteiger charge is -2.43.